The lowest BCUT2D eigenvalue weighted by Gasteiger charge is -2.02. The monoisotopic (exact) mass is 484 g/mol. The lowest BCUT2D eigenvalue weighted by molar-refractivity contribution is 0.0593. The number of nitrogens with zero attached hydrogens (tertiary/aromatic N) is 3. The molecule has 0 radical (unpaired) electrons. The van der Waals surface area contributed by atoms with Crippen LogP contribution in [-0.4, -0.2) is 26.2 Å². The molecule has 0 saturated carbocycles. The maximum atomic E-state index is 11.2. The average Bonchev–Trinajstić information content (AvgIpc) is 2.61. The van der Waals surface area contributed by atoms with E-state index in [2.05, 4.69) is 51.4 Å². The van der Waals surface area contributed by atoms with Gasteiger partial charge in [0.05, 0.1) is 31.0 Å². The van der Waals surface area contributed by atoms with E-state index in [1.54, 1.807) is 30.3 Å². The largest absolute Gasteiger partial charge is 0.465 e. The molecule has 10 heteroatoms. The highest BCUT2D eigenvalue weighted by Crippen LogP contribution is 2.24. The van der Waals surface area contributed by atoms with Crippen LogP contribution in [-0.2, 0) is 9.47 Å². The van der Waals surface area contributed by atoms with E-state index in [0.29, 0.717) is 11.3 Å². The molecule has 0 heterocycles. The van der Waals surface area contributed by atoms with Gasteiger partial charge in [-0.3, -0.25) is 0 Å². The molecule has 2 rings (SSSR count). The highest BCUT2D eigenvalue weighted by molar-refractivity contribution is 9.10. The molecule has 0 spiro atoms. The van der Waals surface area contributed by atoms with Gasteiger partial charge in [-0.15, -0.1) is 0 Å². The lowest BCUT2D eigenvalue weighted by atomic mass is 10.2. The molecule has 0 aliphatic carbocycles. The zero-order valence-corrected chi connectivity index (χ0v) is 16.9. The number of hydrogen-bond acceptors (Lipinski definition) is 6. The predicted molar refractivity (Wildman–Crippen MR) is 104 cm³/mol. The molecule has 26 heavy (non-hydrogen) atoms. The Kier molecular flexibility index (Phi) is 8.63. The van der Waals surface area contributed by atoms with Crippen LogP contribution in [0.15, 0.2) is 50.5 Å². The van der Waals surface area contributed by atoms with Crippen molar-refractivity contribution >= 4 is 55.2 Å². The van der Waals surface area contributed by atoms with Gasteiger partial charge in [-0.05, 0) is 41.9 Å². The molecule has 0 bridgehead atoms. The fourth-order valence-electron chi connectivity index (χ4n) is 1.75. The van der Waals surface area contributed by atoms with E-state index in [9.17, 15) is 9.59 Å². The van der Waals surface area contributed by atoms with Crippen LogP contribution < -0.4 is 5.73 Å². The maximum absolute atomic E-state index is 11.2. The fraction of sp³-hybridized carbons (Fsp3) is 0.125. The normalized spacial score (nSPS) is 9.23. The van der Waals surface area contributed by atoms with Crippen LogP contribution in [0.3, 0.4) is 0 Å². The van der Waals surface area contributed by atoms with Crippen LogP contribution >= 0.6 is 31.9 Å². The van der Waals surface area contributed by atoms with Crippen LogP contribution in [0.25, 0.3) is 10.4 Å². The molecular weight excluding hydrogens is 472 g/mol. The van der Waals surface area contributed by atoms with E-state index in [1.807, 2.05) is 0 Å². The molecule has 2 N–H and O–H groups in total. The average molecular weight is 486 g/mol. The minimum Gasteiger partial charge on any atom is -0.465 e. The van der Waals surface area contributed by atoms with Crippen molar-refractivity contribution < 1.29 is 19.1 Å². The third-order valence-electron chi connectivity index (χ3n) is 2.94. The number of hydrogen-bond donors (Lipinski definition) is 1. The first-order valence-corrected chi connectivity index (χ1v) is 8.49. The molecule has 0 saturated heterocycles. The second-order valence-electron chi connectivity index (χ2n) is 4.57. The second-order valence-corrected chi connectivity index (χ2v) is 6.40. The van der Waals surface area contributed by atoms with E-state index in [4.69, 9.17) is 11.3 Å². The topological polar surface area (TPSA) is 127 Å². The smallest absolute Gasteiger partial charge is 0.339 e. The van der Waals surface area contributed by atoms with E-state index < -0.39 is 11.9 Å². The highest BCUT2D eigenvalue weighted by atomic mass is 79.9. The number of azide groups is 1. The Morgan fingerprint density at radius 3 is 2.00 bits per heavy atom. The summed E-state index contributed by atoms with van der Waals surface area (Å²) in [5.74, 6) is -0.945. The van der Waals surface area contributed by atoms with Gasteiger partial charge in [0, 0.05) is 19.5 Å². The van der Waals surface area contributed by atoms with E-state index >= 15 is 0 Å². The van der Waals surface area contributed by atoms with Gasteiger partial charge in [0.25, 0.3) is 0 Å². The van der Waals surface area contributed by atoms with E-state index in [0.717, 1.165) is 8.95 Å². The number of rotatable bonds is 3. The van der Waals surface area contributed by atoms with Crippen LogP contribution in [0.1, 0.15) is 20.7 Å². The fourth-order valence-corrected chi connectivity index (χ4v) is 2.48. The quantitative estimate of drug-likeness (QED) is 0.215. The van der Waals surface area contributed by atoms with Crippen molar-refractivity contribution in [1.82, 2.24) is 0 Å². The molecule has 0 aromatic heterocycles. The van der Waals surface area contributed by atoms with Gasteiger partial charge in [0.1, 0.15) is 0 Å². The number of halogens is 2. The van der Waals surface area contributed by atoms with Crippen molar-refractivity contribution in [2.45, 2.75) is 0 Å². The number of methoxy groups -OCH3 is 2. The molecule has 0 atom stereocenters. The first kappa shape index (κ1) is 21.5. The summed E-state index contributed by atoms with van der Waals surface area (Å²) in [5.41, 5.74) is 15.1. The molecule has 0 unspecified atom stereocenters. The number of benzene rings is 2. The summed E-state index contributed by atoms with van der Waals surface area (Å²) >= 11 is 6.44. The Hall–Kier alpha value is -2.55. The van der Waals surface area contributed by atoms with Gasteiger partial charge in [0.2, 0.25) is 0 Å². The number of nitrogen functional groups attached to an aromatic ring is 1. The summed E-state index contributed by atoms with van der Waals surface area (Å²) in [6.07, 6.45) is 0. The Morgan fingerprint density at radius 1 is 1.00 bits per heavy atom. The number of esters is 2. The van der Waals surface area contributed by atoms with Crippen molar-refractivity contribution in [2.24, 2.45) is 5.11 Å². The number of anilines is 1. The van der Waals surface area contributed by atoms with E-state index in [1.165, 1.54) is 20.3 Å². The van der Waals surface area contributed by atoms with Crippen molar-refractivity contribution in [3.05, 3.63) is 66.9 Å². The van der Waals surface area contributed by atoms with Crippen LogP contribution in [0.4, 0.5) is 11.4 Å². The Bertz CT molecular complexity index is 867. The summed E-state index contributed by atoms with van der Waals surface area (Å²) in [5, 5.41) is 3.39. The molecule has 0 amide bonds. The summed E-state index contributed by atoms with van der Waals surface area (Å²) < 4.78 is 10.6. The van der Waals surface area contributed by atoms with Gasteiger partial charge in [-0.25, -0.2) is 9.59 Å². The number of ether oxygens (including phenoxy) is 2. The first-order chi connectivity index (χ1) is 12.3. The predicted octanol–water partition coefficient (Wildman–Crippen LogP) is 5.00. The van der Waals surface area contributed by atoms with Crippen molar-refractivity contribution in [3.8, 4) is 0 Å². The molecule has 0 fully saturated rings. The summed E-state index contributed by atoms with van der Waals surface area (Å²) in [6, 6.07) is 9.76. The van der Waals surface area contributed by atoms with Gasteiger partial charge in [0.15, 0.2) is 0 Å². The van der Waals surface area contributed by atoms with E-state index in [-0.39, 0.29) is 11.3 Å². The molecule has 2 aromatic rings. The summed E-state index contributed by atoms with van der Waals surface area (Å²) in [6.45, 7) is 0. The first-order valence-electron chi connectivity index (χ1n) is 6.90. The van der Waals surface area contributed by atoms with Gasteiger partial charge >= 0.3 is 11.9 Å². The van der Waals surface area contributed by atoms with Crippen LogP contribution in [0, 0.1) is 0 Å². The van der Waals surface area contributed by atoms with Gasteiger partial charge < -0.3 is 15.2 Å². The number of nitrogens with two attached hydrogens (primary N) is 1. The lowest BCUT2D eigenvalue weighted by Crippen LogP contribution is -2.04. The molecule has 0 aliphatic rings. The molecule has 0 aliphatic heterocycles. The Morgan fingerprint density at radius 2 is 1.50 bits per heavy atom. The zero-order chi connectivity index (χ0) is 19.7. The summed E-state index contributed by atoms with van der Waals surface area (Å²) in [4.78, 5) is 24.8. The van der Waals surface area contributed by atoms with Gasteiger partial charge in [-0.1, -0.05) is 37.0 Å². The second kappa shape index (κ2) is 10.4. The molecule has 136 valence electrons. The minimum absolute atomic E-state index is 0.244. The molecule has 8 nitrogen and oxygen atoms in total. The van der Waals surface area contributed by atoms with Crippen molar-refractivity contribution in [1.29, 1.82) is 0 Å². The Labute approximate surface area is 166 Å². The third kappa shape index (κ3) is 6.07. The van der Waals surface area contributed by atoms with Crippen molar-refractivity contribution in [3.63, 3.8) is 0 Å². The van der Waals surface area contributed by atoms with Crippen LogP contribution in [0.5, 0.6) is 0 Å². The minimum atomic E-state index is -0.528. The maximum Gasteiger partial charge on any atom is 0.339 e. The van der Waals surface area contributed by atoms with Crippen molar-refractivity contribution in [2.75, 3.05) is 20.0 Å². The zero-order valence-electron chi connectivity index (χ0n) is 13.8. The highest BCUT2D eigenvalue weighted by Gasteiger charge is 2.10. The molecule has 2 aromatic carbocycles. The Balaban J connectivity index is 0.000000263. The number of carbonyl (C=O) groups excluding carboxylic acids is 2. The molecular formula is C16H14Br2N4O4. The number of carbonyl (C=O) groups is 2. The standard InChI is InChI=1S/C8H6BrN3O2.C8H8BrNO2/c1-14-8(13)6-3-2-5(9)4-7(6)11-12-10;1-12-8(11)6-3-2-5(9)4-7(6)10/h2-4H,1H3;2-4H,10H2,1H3. The third-order valence-corrected chi connectivity index (χ3v) is 3.92. The van der Waals surface area contributed by atoms with Crippen LogP contribution in [0.2, 0.25) is 0 Å². The summed E-state index contributed by atoms with van der Waals surface area (Å²) in [7, 11) is 2.59. The van der Waals surface area contributed by atoms with Gasteiger partial charge in [-0.2, -0.15) is 0 Å². The SMILES string of the molecule is COC(=O)c1ccc(Br)cc1N.COC(=O)c1ccc(Br)cc1N=[N+]=[N-].